The lowest BCUT2D eigenvalue weighted by Gasteiger charge is -2.20. The van der Waals surface area contributed by atoms with Crippen LogP contribution in [0.4, 0.5) is 5.69 Å². The van der Waals surface area contributed by atoms with Crippen LogP contribution in [0, 0.1) is 17.0 Å². The molecule has 1 aliphatic heterocycles. The molecule has 0 spiro atoms. The summed E-state index contributed by atoms with van der Waals surface area (Å²) in [6.07, 6.45) is 6.90. The van der Waals surface area contributed by atoms with Crippen LogP contribution in [0.25, 0.3) is 0 Å². The van der Waals surface area contributed by atoms with E-state index in [0.29, 0.717) is 28.1 Å². The number of hydrogen-bond acceptors (Lipinski definition) is 5. The summed E-state index contributed by atoms with van der Waals surface area (Å²) in [5.41, 5.74) is 1.41. The average molecular weight is 317 g/mol. The Kier molecular flexibility index (Phi) is 4.73. The highest BCUT2D eigenvalue weighted by atomic mass is 31.0. The molecule has 0 radical (unpaired) electrons. The first-order chi connectivity index (χ1) is 10.4. The van der Waals surface area contributed by atoms with Crippen molar-refractivity contribution in [3.63, 3.8) is 0 Å². The predicted octanol–water partition coefficient (Wildman–Crippen LogP) is 3.02. The van der Waals surface area contributed by atoms with Crippen molar-refractivity contribution in [1.82, 2.24) is 5.01 Å². The zero-order valence-corrected chi connectivity index (χ0v) is 13.5. The summed E-state index contributed by atoms with van der Waals surface area (Å²) in [6, 6.07) is 3.12. The molecule has 0 amide bonds. The fourth-order valence-electron chi connectivity index (χ4n) is 1.90. The van der Waals surface area contributed by atoms with Crippen molar-refractivity contribution in [2.75, 3.05) is 0 Å². The standard InChI is InChI=1S/C15H16N3O3P/c1-4-16-17-6-5-12(8-11(17)3)21-14-9-15(22)13(18(19)20)7-10(14)2/h4-9H,3,22H2,1-2H3/b16-4-. The Morgan fingerprint density at radius 1 is 1.50 bits per heavy atom. The third-order valence-electron chi connectivity index (χ3n) is 2.97. The molecule has 22 heavy (non-hydrogen) atoms. The third kappa shape index (κ3) is 3.40. The van der Waals surface area contributed by atoms with E-state index in [9.17, 15) is 10.1 Å². The van der Waals surface area contributed by atoms with E-state index in [4.69, 9.17) is 4.74 Å². The second-order valence-corrected chi connectivity index (χ2v) is 5.23. The Morgan fingerprint density at radius 2 is 2.23 bits per heavy atom. The van der Waals surface area contributed by atoms with E-state index in [2.05, 4.69) is 20.9 Å². The normalized spacial score (nSPS) is 14.4. The number of nitro groups is 1. The molecule has 1 atom stereocenters. The number of hydrogen-bond donors (Lipinski definition) is 0. The first kappa shape index (κ1) is 15.9. The molecular weight excluding hydrogens is 301 g/mol. The van der Waals surface area contributed by atoms with Crippen LogP contribution in [0.15, 0.2) is 53.6 Å². The van der Waals surface area contributed by atoms with Crippen LogP contribution >= 0.6 is 9.24 Å². The van der Waals surface area contributed by atoms with E-state index in [0.717, 1.165) is 0 Å². The zero-order chi connectivity index (χ0) is 16.3. The van der Waals surface area contributed by atoms with Crippen LogP contribution in [0.3, 0.4) is 0 Å². The van der Waals surface area contributed by atoms with Gasteiger partial charge in [-0.1, -0.05) is 15.8 Å². The van der Waals surface area contributed by atoms with Crippen LogP contribution in [0.2, 0.25) is 0 Å². The summed E-state index contributed by atoms with van der Waals surface area (Å²) in [7, 11) is 2.35. The van der Waals surface area contributed by atoms with Crippen LogP contribution in [0.5, 0.6) is 5.75 Å². The molecule has 0 bridgehead atoms. The van der Waals surface area contributed by atoms with Crippen molar-refractivity contribution in [3.8, 4) is 5.75 Å². The summed E-state index contributed by atoms with van der Waals surface area (Å²) in [4.78, 5) is 10.5. The van der Waals surface area contributed by atoms with Gasteiger partial charge in [-0.3, -0.25) is 10.1 Å². The van der Waals surface area contributed by atoms with Gasteiger partial charge in [0.25, 0.3) is 5.69 Å². The van der Waals surface area contributed by atoms with E-state index in [1.54, 1.807) is 42.6 Å². The van der Waals surface area contributed by atoms with Gasteiger partial charge in [0.2, 0.25) is 0 Å². The Bertz CT molecular complexity index is 723. The maximum absolute atomic E-state index is 10.9. The van der Waals surface area contributed by atoms with Crippen molar-refractivity contribution in [2.45, 2.75) is 13.8 Å². The molecule has 0 N–H and O–H groups in total. The van der Waals surface area contributed by atoms with E-state index >= 15 is 0 Å². The number of allylic oxidation sites excluding steroid dienone is 2. The number of nitro benzene ring substituents is 1. The molecule has 0 saturated heterocycles. The maximum Gasteiger partial charge on any atom is 0.277 e. The first-order valence-electron chi connectivity index (χ1n) is 6.51. The number of nitrogens with zero attached hydrogens (tertiary/aromatic N) is 3. The van der Waals surface area contributed by atoms with Gasteiger partial charge in [-0.2, -0.15) is 5.10 Å². The molecule has 0 aliphatic carbocycles. The van der Waals surface area contributed by atoms with Gasteiger partial charge in [0.1, 0.15) is 11.5 Å². The van der Waals surface area contributed by atoms with Gasteiger partial charge in [0.15, 0.2) is 0 Å². The molecule has 0 saturated carbocycles. The molecule has 114 valence electrons. The Labute approximate surface area is 130 Å². The number of hydrazone groups is 1. The van der Waals surface area contributed by atoms with Gasteiger partial charge in [-0.15, -0.1) is 0 Å². The van der Waals surface area contributed by atoms with Gasteiger partial charge in [0, 0.05) is 24.6 Å². The van der Waals surface area contributed by atoms with Gasteiger partial charge < -0.3 is 4.74 Å². The maximum atomic E-state index is 10.9. The van der Waals surface area contributed by atoms with Crippen LogP contribution < -0.4 is 10.0 Å². The second-order valence-electron chi connectivity index (χ2n) is 4.61. The topological polar surface area (TPSA) is 68.0 Å². The highest BCUT2D eigenvalue weighted by molar-refractivity contribution is 7.28. The Balaban J connectivity index is 2.24. The molecule has 1 unspecified atom stereocenters. The van der Waals surface area contributed by atoms with Crippen molar-refractivity contribution in [3.05, 3.63) is 64.2 Å². The van der Waals surface area contributed by atoms with Crippen molar-refractivity contribution in [2.24, 2.45) is 5.10 Å². The second kappa shape index (κ2) is 6.54. The monoisotopic (exact) mass is 317 g/mol. The van der Waals surface area contributed by atoms with Crippen molar-refractivity contribution >= 4 is 26.4 Å². The summed E-state index contributed by atoms with van der Waals surface area (Å²) in [5, 5.41) is 17.1. The largest absolute Gasteiger partial charge is 0.457 e. The summed E-state index contributed by atoms with van der Waals surface area (Å²) in [5.74, 6) is 1.15. The van der Waals surface area contributed by atoms with E-state index in [1.807, 2.05) is 6.92 Å². The molecule has 1 heterocycles. The van der Waals surface area contributed by atoms with Crippen LogP contribution in [0.1, 0.15) is 12.5 Å². The summed E-state index contributed by atoms with van der Waals surface area (Å²) in [6.45, 7) is 7.48. The Hall–Kier alpha value is -2.46. The molecular formula is C15H16N3O3P. The van der Waals surface area contributed by atoms with Crippen LogP contribution in [-0.2, 0) is 0 Å². The lowest BCUT2D eigenvalue weighted by molar-refractivity contribution is -0.383. The summed E-state index contributed by atoms with van der Waals surface area (Å²) < 4.78 is 5.80. The van der Waals surface area contributed by atoms with E-state index < -0.39 is 4.92 Å². The molecule has 6 nitrogen and oxygen atoms in total. The van der Waals surface area contributed by atoms with Gasteiger partial charge in [0.05, 0.1) is 15.9 Å². The van der Waals surface area contributed by atoms with Crippen molar-refractivity contribution < 1.29 is 9.66 Å². The van der Waals surface area contributed by atoms with E-state index in [-0.39, 0.29) is 5.69 Å². The van der Waals surface area contributed by atoms with Gasteiger partial charge >= 0.3 is 0 Å². The predicted molar refractivity (Wildman–Crippen MR) is 90.2 cm³/mol. The van der Waals surface area contributed by atoms with E-state index in [1.165, 1.54) is 6.07 Å². The molecule has 2 rings (SSSR count). The molecule has 1 aromatic rings. The molecule has 7 heteroatoms. The minimum absolute atomic E-state index is 0.0517. The van der Waals surface area contributed by atoms with Crippen molar-refractivity contribution in [1.29, 1.82) is 0 Å². The number of rotatable bonds is 4. The van der Waals surface area contributed by atoms with Gasteiger partial charge in [-0.25, -0.2) is 5.01 Å². The number of ether oxygens (including phenoxy) is 1. The van der Waals surface area contributed by atoms with Crippen LogP contribution in [-0.4, -0.2) is 16.1 Å². The highest BCUT2D eigenvalue weighted by Gasteiger charge is 2.16. The smallest absolute Gasteiger partial charge is 0.277 e. The number of benzene rings is 1. The average Bonchev–Trinajstić information content (AvgIpc) is 2.45. The molecule has 1 aromatic carbocycles. The fourth-order valence-corrected chi connectivity index (χ4v) is 2.24. The minimum Gasteiger partial charge on any atom is -0.457 e. The SMILES string of the molecule is C=C1C=C(Oc2cc(P)c([N+](=O)[O-])cc2C)C=CN1/N=C\C. The quantitative estimate of drug-likeness (QED) is 0.370. The third-order valence-corrected chi connectivity index (χ3v) is 3.43. The summed E-state index contributed by atoms with van der Waals surface area (Å²) >= 11 is 0. The molecule has 0 fully saturated rings. The Morgan fingerprint density at radius 3 is 2.82 bits per heavy atom. The molecule has 0 aromatic heterocycles. The number of aryl methyl sites for hydroxylation is 1. The lowest BCUT2D eigenvalue weighted by atomic mass is 10.2. The first-order valence-corrected chi connectivity index (χ1v) is 7.09. The molecule has 1 aliphatic rings. The minimum atomic E-state index is -0.415. The zero-order valence-electron chi connectivity index (χ0n) is 12.3. The highest BCUT2D eigenvalue weighted by Crippen LogP contribution is 2.27. The fraction of sp³-hybridized carbons (Fsp3) is 0.133. The van der Waals surface area contributed by atoms with Gasteiger partial charge in [-0.05, 0) is 31.6 Å². The lowest BCUT2D eigenvalue weighted by Crippen LogP contribution is -2.13.